The fraction of sp³-hybridized carbons (Fsp3) is 0.895. The van der Waals surface area contributed by atoms with Gasteiger partial charge in [-0.3, -0.25) is 9.59 Å². The minimum absolute atomic E-state index is 0.0984. The summed E-state index contributed by atoms with van der Waals surface area (Å²) in [5.41, 5.74) is 0. The molecule has 0 heterocycles. The molecule has 1 aliphatic rings. The molecule has 23 heavy (non-hydrogen) atoms. The highest BCUT2D eigenvalue weighted by Gasteiger charge is 2.33. The van der Waals surface area contributed by atoms with Gasteiger partial charge in [-0.2, -0.15) is 0 Å². The van der Waals surface area contributed by atoms with Crippen LogP contribution in [-0.4, -0.2) is 24.6 Å². The monoisotopic (exact) mass is 326 g/mol. The van der Waals surface area contributed by atoms with Gasteiger partial charge >= 0.3 is 11.9 Å². The molecule has 0 spiro atoms. The van der Waals surface area contributed by atoms with E-state index >= 15 is 0 Å². The highest BCUT2D eigenvalue weighted by atomic mass is 16.5. The molecule has 0 bridgehead atoms. The maximum atomic E-state index is 12.3. The van der Waals surface area contributed by atoms with Crippen LogP contribution in [0.3, 0.4) is 0 Å². The minimum Gasteiger partial charge on any atom is -0.465 e. The number of carbonyl (C=O) groups is 2. The Kier molecular flexibility index (Phi) is 9.27. The van der Waals surface area contributed by atoms with Crippen molar-refractivity contribution in [3.05, 3.63) is 0 Å². The van der Waals surface area contributed by atoms with Crippen molar-refractivity contribution in [1.82, 2.24) is 0 Å². The third-order valence-electron chi connectivity index (χ3n) is 4.70. The van der Waals surface area contributed by atoms with E-state index in [1.54, 1.807) is 0 Å². The van der Waals surface area contributed by atoms with Gasteiger partial charge in [0.15, 0.2) is 0 Å². The highest BCUT2D eigenvalue weighted by Crippen LogP contribution is 2.31. The molecular weight excluding hydrogens is 292 g/mol. The van der Waals surface area contributed by atoms with Crippen molar-refractivity contribution < 1.29 is 19.1 Å². The average Bonchev–Trinajstić information content (AvgIpc) is 2.54. The molecule has 3 atom stereocenters. The van der Waals surface area contributed by atoms with Crippen LogP contribution in [0.25, 0.3) is 0 Å². The maximum absolute atomic E-state index is 12.3. The number of unbranched alkanes of at least 4 members (excludes halogenated alkanes) is 1. The summed E-state index contributed by atoms with van der Waals surface area (Å²) in [6.07, 6.45) is 7.55. The second kappa shape index (κ2) is 10.7. The van der Waals surface area contributed by atoms with E-state index in [2.05, 4.69) is 13.8 Å². The van der Waals surface area contributed by atoms with Gasteiger partial charge in [0.2, 0.25) is 0 Å². The lowest BCUT2D eigenvalue weighted by molar-refractivity contribution is -0.157. The minimum atomic E-state index is -0.160. The van der Waals surface area contributed by atoms with Crippen molar-refractivity contribution >= 4 is 11.9 Å². The fourth-order valence-electron chi connectivity index (χ4n) is 3.16. The van der Waals surface area contributed by atoms with Gasteiger partial charge in [0, 0.05) is 0 Å². The van der Waals surface area contributed by atoms with Crippen LogP contribution in [-0.2, 0) is 19.1 Å². The summed E-state index contributed by atoms with van der Waals surface area (Å²) in [5, 5.41) is 0. The molecule has 0 aromatic rings. The molecule has 0 aliphatic heterocycles. The molecule has 0 N–H and O–H groups in total. The Balaban J connectivity index is 2.41. The van der Waals surface area contributed by atoms with Crippen LogP contribution in [0.2, 0.25) is 0 Å². The summed E-state index contributed by atoms with van der Waals surface area (Å²) in [6.45, 7) is 8.55. The molecule has 134 valence electrons. The zero-order valence-corrected chi connectivity index (χ0v) is 15.3. The number of hydrogen-bond donors (Lipinski definition) is 0. The van der Waals surface area contributed by atoms with E-state index in [1.807, 2.05) is 13.8 Å². The first-order valence-electron chi connectivity index (χ1n) is 9.34. The summed E-state index contributed by atoms with van der Waals surface area (Å²) in [6, 6.07) is 0. The summed E-state index contributed by atoms with van der Waals surface area (Å²) in [4.78, 5) is 24.3. The molecular formula is C19H34O4. The van der Waals surface area contributed by atoms with Crippen LogP contribution in [0, 0.1) is 17.8 Å². The van der Waals surface area contributed by atoms with Gasteiger partial charge in [-0.25, -0.2) is 0 Å². The first-order chi connectivity index (χ1) is 11.0. The van der Waals surface area contributed by atoms with Crippen molar-refractivity contribution in [2.75, 3.05) is 6.61 Å². The third-order valence-corrected chi connectivity index (χ3v) is 4.70. The van der Waals surface area contributed by atoms with Crippen LogP contribution in [0.1, 0.15) is 79.1 Å². The molecule has 3 unspecified atom stereocenters. The van der Waals surface area contributed by atoms with E-state index in [1.165, 1.54) is 12.8 Å². The summed E-state index contributed by atoms with van der Waals surface area (Å²) < 4.78 is 10.8. The Bertz CT molecular complexity index is 364. The summed E-state index contributed by atoms with van der Waals surface area (Å²) >= 11 is 0. The van der Waals surface area contributed by atoms with Gasteiger partial charge in [-0.15, -0.1) is 0 Å². The van der Waals surface area contributed by atoms with Crippen LogP contribution >= 0.6 is 0 Å². The van der Waals surface area contributed by atoms with Gasteiger partial charge in [-0.1, -0.05) is 39.5 Å². The molecule has 1 rings (SSSR count). The second-order valence-corrected chi connectivity index (χ2v) is 7.09. The number of hydrogen-bond acceptors (Lipinski definition) is 4. The smallest absolute Gasteiger partial charge is 0.309 e. The SMILES string of the molecule is CCCCC(CC)COC(=O)C1CCCC(C(=O)OC(C)C)C1. The van der Waals surface area contributed by atoms with E-state index < -0.39 is 0 Å². The lowest BCUT2D eigenvalue weighted by Crippen LogP contribution is -2.31. The van der Waals surface area contributed by atoms with Gasteiger partial charge < -0.3 is 9.47 Å². The Hall–Kier alpha value is -1.06. The second-order valence-electron chi connectivity index (χ2n) is 7.09. The largest absolute Gasteiger partial charge is 0.465 e. The van der Waals surface area contributed by atoms with Crippen molar-refractivity contribution in [2.24, 2.45) is 17.8 Å². The number of rotatable bonds is 9. The first-order valence-corrected chi connectivity index (χ1v) is 9.34. The van der Waals surface area contributed by atoms with E-state index in [0.717, 1.165) is 32.1 Å². The third kappa shape index (κ3) is 7.36. The molecule has 1 saturated carbocycles. The number of carbonyl (C=O) groups excluding carboxylic acids is 2. The quantitative estimate of drug-likeness (QED) is 0.585. The van der Waals surface area contributed by atoms with E-state index in [-0.39, 0.29) is 29.9 Å². The highest BCUT2D eigenvalue weighted by molar-refractivity contribution is 5.76. The molecule has 0 aromatic heterocycles. The average molecular weight is 326 g/mol. The standard InChI is InChI=1S/C19H34O4/c1-5-7-9-15(6-2)13-22-18(20)16-10-8-11-17(12-16)19(21)23-14(3)4/h14-17H,5-13H2,1-4H3. The molecule has 0 radical (unpaired) electrons. The maximum Gasteiger partial charge on any atom is 0.309 e. The zero-order chi connectivity index (χ0) is 17.2. The number of ether oxygens (including phenoxy) is 2. The van der Waals surface area contributed by atoms with Crippen LogP contribution in [0.4, 0.5) is 0 Å². The Labute approximate surface area is 141 Å². The van der Waals surface area contributed by atoms with E-state index in [9.17, 15) is 9.59 Å². The van der Waals surface area contributed by atoms with Crippen LogP contribution in [0.15, 0.2) is 0 Å². The molecule has 1 aliphatic carbocycles. The first kappa shape index (κ1) is 20.0. The number of esters is 2. The normalized spacial score (nSPS) is 22.7. The van der Waals surface area contributed by atoms with Crippen molar-refractivity contribution in [2.45, 2.75) is 85.2 Å². The van der Waals surface area contributed by atoms with Gasteiger partial charge in [0.25, 0.3) is 0 Å². The summed E-state index contributed by atoms with van der Waals surface area (Å²) in [7, 11) is 0. The predicted molar refractivity (Wildman–Crippen MR) is 90.9 cm³/mol. The van der Waals surface area contributed by atoms with Gasteiger partial charge in [0.1, 0.15) is 0 Å². The van der Waals surface area contributed by atoms with Crippen molar-refractivity contribution in [1.29, 1.82) is 0 Å². The topological polar surface area (TPSA) is 52.6 Å². The van der Waals surface area contributed by atoms with Crippen molar-refractivity contribution in [3.8, 4) is 0 Å². The molecule has 4 heteroatoms. The van der Waals surface area contributed by atoms with E-state index in [4.69, 9.17) is 9.47 Å². The lowest BCUT2D eigenvalue weighted by atomic mass is 9.81. The predicted octanol–water partition coefficient (Wildman–Crippen LogP) is 4.50. The molecule has 1 fully saturated rings. The van der Waals surface area contributed by atoms with Gasteiger partial charge in [-0.05, 0) is 45.4 Å². The van der Waals surface area contributed by atoms with Gasteiger partial charge in [0.05, 0.1) is 24.5 Å². The molecule has 0 saturated heterocycles. The fourth-order valence-corrected chi connectivity index (χ4v) is 3.16. The molecule has 0 amide bonds. The Morgan fingerprint density at radius 2 is 1.74 bits per heavy atom. The molecule has 0 aromatic carbocycles. The zero-order valence-electron chi connectivity index (χ0n) is 15.3. The molecule has 4 nitrogen and oxygen atoms in total. The Morgan fingerprint density at radius 3 is 2.30 bits per heavy atom. The Morgan fingerprint density at radius 1 is 1.09 bits per heavy atom. The van der Waals surface area contributed by atoms with E-state index in [0.29, 0.717) is 18.9 Å². The summed E-state index contributed by atoms with van der Waals surface area (Å²) in [5.74, 6) is -0.110. The van der Waals surface area contributed by atoms with Crippen LogP contribution in [0.5, 0.6) is 0 Å². The van der Waals surface area contributed by atoms with Crippen molar-refractivity contribution in [3.63, 3.8) is 0 Å². The lowest BCUT2D eigenvalue weighted by Gasteiger charge is -2.27. The van der Waals surface area contributed by atoms with Crippen LogP contribution < -0.4 is 0 Å².